The zero-order chi connectivity index (χ0) is 11.0. The fourth-order valence-corrected chi connectivity index (χ4v) is 2.20. The van der Waals surface area contributed by atoms with Gasteiger partial charge in [-0.2, -0.15) is 0 Å². The van der Waals surface area contributed by atoms with Crippen LogP contribution in [0.15, 0.2) is 36.5 Å². The van der Waals surface area contributed by atoms with Crippen molar-refractivity contribution in [2.45, 2.75) is 6.42 Å². The summed E-state index contributed by atoms with van der Waals surface area (Å²) in [6.45, 7) is 0.951. The largest absolute Gasteiger partial charge is 0.326 e. The van der Waals surface area contributed by atoms with E-state index < -0.39 is 0 Å². The number of halogens is 2. The molecule has 0 spiro atoms. The van der Waals surface area contributed by atoms with Crippen LogP contribution >= 0.6 is 24.0 Å². The lowest BCUT2D eigenvalue weighted by molar-refractivity contribution is 0.964. The fraction of sp³-hybridized carbons (Fsp3) is 0.167. The fourth-order valence-electron chi connectivity index (χ4n) is 2.05. The van der Waals surface area contributed by atoms with E-state index in [-0.39, 0.29) is 12.4 Å². The van der Waals surface area contributed by atoms with Crippen LogP contribution in [0.2, 0.25) is 5.28 Å². The smallest absolute Gasteiger partial charge is 0.224 e. The molecule has 3 rings (SSSR count). The molecule has 0 saturated heterocycles. The van der Waals surface area contributed by atoms with Gasteiger partial charge in [0.2, 0.25) is 5.28 Å². The van der Waals surface area contributed by atoms with E-state index in [1.165, 1.54) is 11.3 Å². The normalized spacial score (nSPS) is 13.1. The molecule has 1 aliphatic heterocycles. The zero-order valence-corrected chi connectivity index (χ0v) is 10.6. The van der Waals surface area contributed by atoms with Crippen molar-refractivity contribution in [3.63, 3.8) is 0 Å². The van der Waals surface area contributed by atoms with Crippen molar-refractivity contribution in [2.75, 3.05) is 11.4 Å². The molecular weight excluding hydrogens is 257 g/mol. The van der Waals surface area contributed by atoms with E-state index in [2.05, 4.69) is 33.1 Å². The van der Waals surface area contributed by atoms with Crippen molar-refractivity contribution in [1.82, 2.24) is 9.97 Å². The maximum Gasteiger partial charge on any atom is 0.224 e. The van der Waals surface area contributed by atoms with E-state index >= 15 is 0 Å². The van der Waals surface area contributed by atoms with Crippen LogP contribution in [-0.4, -0.2) is 16.5 Å². The summed E-state index contributed by atoms with van der Waals surface area (Å²) in [5, 5.41) is 0.293. The first-order valence-electron chi connectivity index (χ1n) is 5.18. The first-order valence-corrected chi connectivity index (χ1v) is 5.56. The minimum Gasteiger partial charge on any atom is -0.326 e. The lowest BCUT2D eigenvalue weighted by Crippen LogP contribution is -2.14. The van der Waals surface area contributed by atoms with Crippen LogP contribution in [0.3, 0.4) is 0 Å². The monoisotopic (exact) mass is 267 g/mol. The van der Waals surface area contributed by atoms with Crippen molar-refractivity contribution in [3.8, 4) is 0 Å². The van der Waals surface area contributed by atoms with E-state index in [0.29, 0.717) is 5.28 Å². The minimum absolute atomic E-state index is 0. The van der Waals surface area contributed by atoms with E-state index in [1.54, 1.807) is 6.20 Å². The van der Waals surface area contributed by atoms with E-state index in [4.69, 9.17) is 11.6 Å². The van der Waals surface area contributed by atoms with Gasteiger partial charge in [0.1, 0.15) is 5.82 Å². The van der Waals surface area contributed by atoms with Crippen LogP contribution in [-0.2, 0) is 6.42 Å². The van der Waals surface area contributed by atoms with Gasteiger partial charge in [0.25, 0.3) is 0 Å². The SMILES string of the molecule is Cl.Clc1nccc(N2CCc3ccccc32)n1. The molecule has 1 aliphatic rings. The Morgan fingerprint density at radius 1 is 1.18 bits per heavy atom. The molecule has 88 valence electrons. The number of anilines is 2. The van der Waals surface area contributed by atoms with E-state index in [0.717, 1.165) is 18.8 Å². The highest BCUT2D eigenvalue weighted by Gasteiger charge is 2.20. The van der Waals surface area contributed by atoms with E-state index in [1.807, 2.05) is 12.1 Å². The van der Waals surface area contributed by atoms with Gasteiger partial charge < -0.3 is 4.90 Å². The number of para-hydroxylation sites is 1. The van der Waals surface area contributed by atoms with Gasteiger partial charge in [0.15, 0.2) is 0 Å². The summed E-state index contributed by atoms with van der Waals surface area (Å²) in [4.78, 5) is 10.3. The summed E-state index contributed by atoms with van der Waals surface area (Å²) in [6, 6.07) is 10.2. The molecule has 0 atom stereocenters. The van der Waals surface area contributed by atoms with Crippen LogP contribution in [0.4, 0.5) is 11.5 Å². The molecule has 1 aromatic carbocycles. The number of benzene rings is 1. The molecule has 0 unspecified atom stereocenters. The molecule has 2 aromatic rings. The summed E-state index contributed by atoms with van der Waals surface area (Å²) in [6.07, 6.45) is 2.74. The average molecular weight is 268 g/mol. The van der Waals surface area contributed by atoms with Gasteiger partial charge in [-0.05, 0) is 35.7 Å². The van der Waals surface area contributed by atoms with Gasteiger partial charge in [-0.3, -0.25) is 0 Å². The lowest BCUT2D eigenvalue weighted by atomic mass is 10.2. The number of rotatable bonds is 1. The van der Waals surface area contributed by atoms with Gasteiger partial charge >= 0.3 is 0 Å². The predicted octanol–water partition coefficient (Wildman–Crippen LogP) is 3.25. The van der Waals surface area contributed by atoms with Crippen molar-refractivity contribution in [2.24, 2.45) is 0 Å². The standard InChI is InChI=1S/C12H10ClN3.ClH/c13-12-14-7-5-11(15-12)16-8-6-9-3-1-2-4-10(9)16;/h1-5,7H,6,8H2;1H. The Morgan fingerprint density at radius 3 is 2.82 bits per heavy atom. The molecule has 0 aliphatic carbocycles. The highest BCUT2D eigenvalue weighted by Crippen LogP contribution is 2.32. The number of aromatic nitrogens is 2. The van der Waals surface area contributed by atoms with Gasteiger partial charge in [-0.25, -0.2) is 9.97 Å². The molecular formula is C12H11Cl2N3. The third-order valence-electron chi connectivity index (χ3n) is 2.78. The van der Waals surface area contributed by atoms with Gasteiger partial charge in [0.05, 0.1) is 0 Å². The Morgan fingerprint density at radius 2 is 2.00 bits per heavy atom. The third-order valence-corrected chi connectivity index (χ3v) is 2.96. The van der Waals surface area contributed by atoms with Gasteiger partial charge in [-0.1, -0.05) is 18.2 Å². The number of nitrogens with zero attached hydrogens (tertiary/aromatic N) is 3. The molecule has 0 saturated carbocycles. The van der Waals surface area contributed by atoms with Crippen molar-refractivity contribution >= 4 is 35.5 Å². The number of fused-ring (bicyclic) bond motifs is 1. The maximum atomic E-state index is 5.80. The molecule has 0 bridgehead atoms. The summed E-state index contributed by atoms with van der Waals surface area (Å²) in [7, 11) is 0. The highest BCUT2D eigenvalue weighted by molar-refractivity contribution is 6.28. The van der Waals surface area contributed by atoms with Crippen LogP contribution in [0, 0.1) is 0 Å². The third kappa shape index (κ3) is 2.21. The zero-order valence-electron chi connectivity index (χ0n) is 9.01. The summed E-state index contributed by atoms with van der Waals surface area (Å²) < 4.78 is 0. The van der Waals surface area contributed by atoms with Crippen molar-refractivity contribution in [1.29, 1.82) is 0 Å². The topological polar surface area (TPSA) is 29.0 Å². The Labute approximate surface area is 111 Å². The van der Waals surface area contributed by atoms with Crippen LogP contribution < -0.4 is 4.90 Å². The molecule has 3 nitrogen and oxygen atoms in total. The lowest BCUT2D eigenvalue weighted by Gasteiger charge is -2.17. The Hall–Kier alpha value is -1.32. The van der Waals surface area contributed by atoms with Gasteiger partial charge in [-0.15, -0.1) is 12.4 Å². The van der Waals surface area contributed by atoms with Crippen LogP contribution in [0.1, 0.15) is 5.56 Å². The van der Waals surface area contributed by atoms with E-state index in [9.17, 15) is 0 Å². The molecule has 0 N–H and O–H groups in total. The van der Waals surface area contributed by atoms with Crippen molar-refractivity contribution in [3.05, 3.63) is 47.4 Å². The van der Waals surface area contributed by atoms with Crippen molar-refractivity contribution < 1.29 is 0 Å². The Bertz CT molecular complexity index is 531. The van der Waals surface area contributed by atoms with Gasteiger partial charge in [0, 0.05) is 18.4 Å². The molecule has 0 radical (unpaired) electrons. The summed E-state index contributed by atoms with van der Waals surface area (Å²) in [5.74, 6) is 0.866. The van der Waals surface area contributed by atoms with Crippen LogP contribution in [0.25, 0.3) is 0 Å². The second-order valence-electron chi connectivity index (χ2n) is 3.71. The average Bonchev–Trinajstić information content (AvgIpc) is 2.72. The molecule has 17 heavy (non-hydrogen) atoms. The Balaban J connectivity index is 0.00000108. The quantitative estimate of drug-likeness (QED) is 0.743. The van der Waals surface area contributed by atoms with Crippen LogP contribution in [0.5, 0.6) is 0 Å². The second kappa shape index (κ2) is 4.90. The summed E-state index contributed by atoms with van der Waals surface area (Å²) in [5.41, 5.74) is 2.58. The molecule has 1 aromatic heterocycles. The summed E-state index contributed by atoms with van der Waals surface area (Å²) >= 11 is 5.80. The molecule has 5 heteroatoms. The second-order valence-corrected chi connectivity index (χ2v) is 4.05. The molecule has 2 heterocycles. The number of hydrogen-bond acceptors (Lipinski definition) is 3. The molecule has 0 amide bonds. The first-order chi connectivity index (χ1) is 7.84. The highest BCUT2D eigenvalue weighted by atomic mass is 35.5. The molecule has 0 fully saturated rings. The first kappa shape index (κ1) is 12.1. The number of hydrogen-bond donors (Lipinski definition) is 0. The maximum absolute atomic E-state index is 5.80. The Kier molecular flexibility index (Phi) is 3.50. The minimum atomic E-state index is 0. The predicted molar refractivity (Wildman–Crippen MR) is 71.4 cm³/mol.